The molecule has 0 aromatic carbocycles. The summed E-state index contributed by atoms with van der Waals surface area (Å²) >= 11 is 0. The lowest BCUT2D eigenvalue weighted by Crippen LogP contribution is -2.65. The predicted molar refractivity (Wildman–Crippen MR) is 78.9 cm³/mol. The fourth-order valence-corrected chi connectivity index (χ4v) is 3.45. The van der Waals surface area contributed by atoms with E-state index in [1.54, 1.807) is 0 Å². The number of rotatable bonds is 3. The van der Waals surface area contributed by atoms with E-state index in [9.17, 15) is 0 Å². The molecule has 2 aliphatic rings. The number of likely N-dealkylation sites (tertiary alicyclic amines) is 2. The van der Waals surface area contributed by atoms with Crippen molar-refractivity contribution in [2.45, 2.75) is 65.5 Å². The molecule has 18 heavy (non-hydrogen) atoms. The van der Waals surface area contributed by atoms with Crippen molar-refractivity contribution in [2.75, 3.05) is 26.2 Å². The first-order valence-electron chi connectivity index (χ1n) is 7.85. The summed E-state index contributed by atoms with van der Waals surface area (Å²) in [5.74, 6) is 1.88. The molecule has 0 amide bonds. The number of nitrogens with zero attached hydrogens (tertiary/aromatic N) is 2. The van der Waals surface area contributed by atoms with Crippen LogP contribution >= 0.6 is 0 Å². The van der Waals surface area contributed by atoms with Crippen molar-refractivity contribution in [1.29, 1.82) is 0 Å². The zero-order chi connectivity index (χ0) is 13.3. The first-order chi connectivity index (χ1) is 8.36. The molecule has 0 atom stereocenters. The SMILES string of the molecule is CC(C)CC1CCN(C2CN(C(C)(C)C)C2)CC1. The van der Waals surface area contributed by atoms with Crippen molar-refractivity contribution in [3.05, 3.63) is 0 Å². The quantitative estimate of drug-likeness (QED) is 0.761. The Labute approximate surface area is 114 Å². The van der Waals surface area contributed by atoms with Gasteiger partial charge >= 0.3 is 0 Å². The van der Waals surface area contributed by atoms with Gasteiger partial charge in [-0.15, -0.1) is 0 Å². The largest absolute Gasteiger partial charge is 0.298 e. The Morgan fingerprint density at radius 3 is 2.06 bits per heavy atom. The van der Waals surface area contributed by atoms with Gasteiger partial charge in [0.1, 0.15) is 0 Å². The molecule has 0 aliphatic carbocycles. The smallest absolute Gasteiger partial charge is 0.0350 e. The van der Waals surface area contributed by atoms with Gasteiger partial charge in [0.15, 0.2) is 0 Å². The first-order valence-corrected chi connectivity index (χ1v) is 7.85. The Morgan fingerprint density at radius 1 is 1.06 bits per heavy atom. The molecule has 2 fully saturated rings. The standard InChI is InChI=1S/C16H32N2/c1-13(2)10-14-6-8-17(9-7-14)15-11-18(12-15)16(3,4)5/h13-15H,6-12H2,1-5H3. The van der Waals surface area contributed by atoms with Crippen LogP contribution in [0, 0.1) is 11.8 Å². The second kappa shape index (κ2) is 5.50. The lowest BCUT2D eigenvalue weighted by molar-refractivity contribution is -0.0338. The first kappa shape index (κ1) is 14.3. The molecule has 0 saturated carbocycles. The molecule has 0 bridgehead atoms. The van der Waals surface area contributed by atoms with Crippen LogP contribution in [-0.4, -0.2) is 47.6 Å². The number of piperidine rings is 1. The molecule has 2 aliphatic heterocycles. The zero-order valence-corrected chi connectivity index (χ0v) is 13.1. The Balaban J connectivity index is 1.69. The third-order valence-corrected chi connectivity index (χ3v) is 4.78. The monoisotopic (exact) mass is 252 g/mol. The van der Waals surface area contributed by atoms with Crippen LogP contribution in [0.4, 0.5) is 0 Å². The Morgan fingerprint density at radius 2 is 1.61 bits per heavy atom. The minimum atomic E-state index is 0.368. The molecular weight excluding hydrogens is 220 g/mol. The molecule has 0 aromatic rings. The van der Waals surface area contributed by atoms with E-state index >= 15 is 0 Å². The minimum absolute atomic E-state index is 0.368. The summed E-state index contributed by atoms with van der Waals surface area (Å²) < 4.78 is 0. The molecule has 0 spiro atoms. The van der Waals surface area contributed by atoms with Gasteiger partial charge < -0.3 is 0 Å². The molecular formula is C16H32N2. The highest BCUT2D eigenvalue weighted by Gasteiger charge is 2.38. The fourth-order valence-electron chi connectivity index (χ4n) is 3.45. The highest BCUT2D eigenvalue weighted by Crippen LogP contribution is 2.29. The van der Waals surface area contributed by atoms with Crippen LogP contribution in [-0.2, 0) is 0 Å². The summed E-state index contributed by atoms with van der Waals surface area (Å²) in [6.07, 6.45) is 4.31. The van der Waals surface area contributed by atoms with E-state index in [1.807, 2.05) is 0 Å². The second-order valence-corrected chi connectivity index (χ2v) is 7.84. The molecule has 2 rings (SSSR count). The fraction of sp³-hybridized carbons (Fsp3) is 1.00. The molecule has 0 aromatic heterocycles. The molecule has 106 valence electrons. The lowest BCUT2D eigenvalue weighted by Gasteiger charge is -2.52. The van der Waals surface area contributed by atoms with Crippen LogP contribution in [0.1, 0.15) is 53.9 Å². The van der Waals surface area contributed by atoms with Crippen molar-refractivity contribution in [3.8, 4) is 0 Å². The van der Waals surface area contributed by atoms with Crippen molar-refractivity contribution in [2.24, 2.45) is 11.8 Å². The van der Waals surface area contributed by atoms with Gasteiger partial charge in [-0.05, 0) is 65.0 Å². The Bertz CT molecular complexity index is 253. The lowest BCUT2D eigenvalue weighted by atomic mass is 9.87. The molecule has 2 heterocycles. The molecule has 2 heteroatoms. The van der Waals surface area contributed by atoms with Crippen molar-refractivity contribution < 1.29 is 0 Å². The average molecular weight is 252 g/mol. The zero-order valence-electron chi connectivity index (χ0n) is 13.1. The summed E-state index contributed by atoms with van der Waals surface area (Å²) in [7, 11) is 0. The van der Waals surface area contributed by atoms with Gasteiger partial charge in [-0.3, -0.25) is 9.80 Å². The van der Waals surface area contributed by atoms with E-state index in [0.717, 1.165) is 17.9 Å². The number of hydrogen-bond donors (Lipinski definition) is 0. The van der Waals surface area contributed by atoms with Crippen LogP contribution in [0.2, 0.25) is 0 Å². The van der Waals surface area contributed by atoms with Gasteiger partial charge in [0, 0.05) is 24.7 Å². The van der Waals surface area contributed by atoms with E-state index < -0.39 is 0 Å². The summed E-state index contributed by atoms with van der Waals surface area (Å²) in [5, 5.41) is 0. The Kier molecular flexibility index (Phi) is 4.38. The second-order valence-electron chi connectivity index (χ2n) is 7.84. The Hall–Kier alpha value is -0.0800. The topological polar surface area (TPSA) is 6.48 Å². The predicted octanol–water partition coefficient (Wildman–Crippen LogP) is 3.23. The summed E-state index contributed by atoms with van der Waals surface area (Å²) in [6.45, 7) is 17.0. The molecule has 2 nitrogen and oxygen atoms in total. The van der Waals surface area contributed by atoms with E-state index in [-0.39, 0.29) is 0 Å². The van der Waals surface area contributed by atoms with Crippen LogP contribution in [0.15, 0.2) is 0 Å². The van der Waals surface area contributed by atoms with Crippen LogP contribution in [0.3, 0.4) is 0 Å². The van der Waals surface area contributed by atoms with Gasteiger partial charge in [0.2, 0.25) is 0 Å². The number of hydrogen-bond acceptors (Lipinski definition) is 2. The normalized spacial score (nSPS) is 25.7. The van der Waals surface area contributed by atoms with Crippen molar-refractivity contribution in [1.82, 2.24) is 9.80 Å². The highest BCUT2D eigenvalue weighted by atomic mass is 15.3. The van der Waals surface area contributed by atoms with E-state index in [2.05, 4.69) is 44.4 Å². The van der Waals surface area contributed by atoms with Gasteiger partial charge in [0.05, 0.1) is 0 Å². The highest BCUT2D eigenvalue weighted by molar-refractivity contribution is 4.95. The van der Waals surface area contributed by atoms with Gasteiger partial charge in [0.25, 0.3) is 0 Å². The molecule has 2 saturated heterocycles. The third kappa shape index (κ3) is 3.48. The maximum Gasteiger partial charge on any atom is 0.0350 e. The van der Waals surface area contributed by atoms with Crippen molar-refractivity contribution in [3.63, 3.8) is 0 Å². The van der Waals surface area contributed by atoms with Gasteiger partial charge in [-0.25, -0.2) is 0 Å². The molecule has 0 N–H and O–H groups in total. The summed E-state index contributed by atoms with van der Waals surface area (Å²) in [6, 6.07) is 0.851. The van der Waals surface area contributed by atoms with Gasteiger partial charge in [-0.2, -0.15) is 0 Å². The molecule has 0 unspecified atom stereocenters. The maximum absolute atomic E-state index is 2.75. The average Bonchev–Trinajstić information content (AvgIpc) is 2.15. The maximum atomic E-state index is 2.75. The summed E-state index contributed by atoms with van der Waals surface area (Å²) in [5.41, 5.74) is 0.368. The van der Waals surface area contributed by atoms with E-state index in [0.29, 0.717) is 5.54 Å². The van der Waals surface area contributed by atoms with Crippen LogP contribution in [0.5, 0.6) is 0 Å². The summed E-state index contributed by atoms with van der Waals surface area (Å²) in [4.78, 5) is 5.36. The van der Waals surface area contributed by atoms with Gasteiger partial charge in [-0.1, -0.05) is 13.8 Å². The van der Waals surface area contributed by atoms with Crippen LogP contribution < -0.4 is 0 Å². The molecule has 0 radical (unpaired) electrons. The minimum Gasteiger partial charge on any atom is -0.298 e. The van der Waals surface area contributed by atoms with E-state index in [1.165, 1.54) is 45.4 Å². The third-order valence-electron chi connectivity index (χ3n) is 4.78. The van der Waals surface area contributed by atoms with Crippen molar-refractivity contribution >= 4 is 0 Å². The van der Waals surface area contributed by atoms with E-state index in [4.69, 9.17) is 0 Å². The van der Waals surface area contributed by atoms with Crippen LogP contribution in [0.25, 0.3) is 0 Å².